The maximum Gasteiger partial charge on any atom is 0.152 e. The van der Waals surface area contributed by atoms with E-state index in [4.69, 9.17) is 0 Å². The fourth-order valence-electron chi connectivity index (χ4n) is 1.04. The van der Waals surface area contributed by atoms with E-state index in [1.165, 1.54) is 4.70 Å². The van der Waals surface area contributed by atoms with E-state index in [9.17, 15) is 0 Å². The summed E-state index contributed by atoms with van der Waals surface area (Å²) in [6.45, 7) is 0. The number of halogens is 1. The Kier molecular flexibility index (Phi) is 3.67. The number of benzene rings is 1. The Hall–Kier alpha value is -0.250. The molecule has 0 bridgehead atoms. The lowest BCUT2D eigenvalue weighted by Crippen LogP contribution is -1.71. The number of nitrogens with zero attached hydrogens (tertiary/aromatic N) is 1. The Bertz CT molecular complexity index is 462. The second-order valence-corrected chi connectivity index (χ2v) is 5.30. The molecule has 0 radical (unpaired) electrons. The van der Waals surface area contributed by atoms with Gasteiger partial charge < -0.3 is 0 Å². The van der Waals surface area contributed by atoms with Gasteiger partial charge in [-0.25, -0.2) is 4.98 Å². The van der Waals surface area contributed by atoms with Gasteiger partial charge >= 0.3 is 0 Å². The molecule has 0 atom stereocenters. The summed E-state index contributed by atoms with van der Waals surface area (Å²) in [5.74, 6) is 3.83. The molecular formula is C10H6INS2. The molecule has 1 nitrogen and oxygen atoms in total. The van der Waals surface area contributed by atoms with Crippen LogP contribution in [-0.2, 0) is 0 Å². The standard InChI is InChI=1S/C10H6INS2/c11-6-3-7-13-10-12-8-4-1-2-5-9(8)14-10/h1-2,4-5H,7H2. The Labute approximate surface area is 104 Å². The normalized spacial score (nSPS) is 9.79. The van der Waals surface area contributed by atoms with Gasteiger partial charge in [0, 0.05) is 22.6 Å². The maximum absolute atomic E-state index is 4.50. The molecule has 0 aliphatic heterocycles. The summed E-state index contributed by atoms with van der Waals surface area (Å²) in [6.07, 6.45) is 0. The highest BCUT2D eigenvalue weighted by Gasteiger charge is 2.01. The van der Waals surface area contributed by atoms with Crippen molar-refractivity contribution < 1.29 is 0 Å². The first-order valence-electron chi connectivity index (χ1n) is 3.97. The summed E-state index contributed by atoms with van der Waals surface area (Å²) >= 11 is 5.48. The van der Waals surface area contributed by atoms with Crippen molar-refractivity contribution in [3.63, 3.8) is 0 Å². The van der Waals surface area contributed by atoms with E-state index in [1.54, 1.807) is 23.1 Å². The predicted molar refractivity (Wildman–Crippen MR) is 72.1 cm³/mol. The van der Waals surface area contributed by atoms with Crippen LogP contribution in [0.5, 0.6) is 0 Å². The van der Waals surface area contributed by atoms with E-state index in [1.807, 2.05) is 18.2 Å². The second kappa shape index (κ2) is 5.01. The van der Waals surface area contributed by atoms with E-state index in [0.29, 0.717) is 0 Å². The largest absolute Gasteiger partial charge is 0.230 e. The number of para-hydroxylation sites is 1. The molecule has 1 heterocycles. The van der Waals surface area contributed by atoms with Crippen molar-refractivity contribution in [3.05, 3.63) is 24.3 Å². The lowest BCUT2D eigenvalue weighted by molar-refractivity contribution is 1.31. The molecule has 0 unspecified atom stereocenters. The molecule has 2 aromatic rings. The van der Waals surface area contributed by atoms with Gasteiger partial charge in [-0.1, -0.05) is 29.8 Å². The van der Waals surface area contributed by atoms with Crippen LogP contribution in [0.4, 0.5) is 0 Å². The minimum atomic E-state index is 0.822. The van der Waals surface area contributed by atoms with Crippen LogP contribution in [0.1, 0.15) is 0 Å². The Morgan fingerprint density at radius 2 is 2.29 bits per heavy atom. The molecule has 0 saturated heterocycles. The van der Waals surface area contributed by atoms with Crippen LogP contribution in [0.2, 0.25) is 0 Å². The molecule has 0 spiro atoms. The van der Waals surface area contributed by atoms with Gasteiger partial charge in [0.05, 0.1) is 16.0 Å². The van der Waals surface area contributed by atoms with Crippen molar-refractivity contribution in [1.82, 2.24) is 4.98 Å². The molecule has 0 aliphatic rings. The van der Waals surface area contributed by atoms with E-state index >= 15 is 0 Å². The molecule has 4 heteroatoms. The zero-order valence-electron chi connectivity index (χ0n) is 7.16. The third-order valence-corrected chi connectivity index (χ3v) is 4.05. The number of fused-ring (bicyclic) bond motifs is 1. The molecule has 1 aromatic carbocycles. The molecule has 14 heavy (non-hydrogen) atoms. The SMILES string of the molecule is IC#CCSc1nc2ccccc2s1. The molecule has 2 rings (SSSR count). The predicted octanol–water partition coefficient (Wildman–Crippen LogP) is 3.78. The second-order valence-electron chi connectivity index (χ2n) is 2.51. The maximum atomic E-state index is 4.50. The highest BCUT2D eigenvalue weighted by molar-refractivity contribution is 14.1. The van der Waals surface area contributed by atoms with Crippen molar-refractivity contribution in [2.75, 3.05) is 5.75 Å². The van der Waals surface area contributed by atoms with Gasteiger partial charge in [-0.05, 0) is 16.1 Å². The molecule has 0 saturated carbocycles. The van der Waals surface area contributed by atoms with Gasteiger partial charge in [0.1, 0.15) is 0 Å². The number of hydrogen-bond donors (Lipinski definition) is 0. The topological polar surface area (TPSA) is 12.9 Å². The van der Waals surface area contributed by atoms with E-state index < -0.39 is 0 Å². The summed E-state index contributed by atoms with van der Waals surface area (Å²) in [7, 11) is 0. The zero-order chi connectivity index (χ0) is 9.80. The Morgan fingerprint density at radius 3 is 3.07 bits per heavy atom. The molecule has 1 aromatic heterocycles. The van der Waals surface area contributed by atoms with Gasteiger partial charge in [-0.15, -0.1) is 11.3 Å². The van der Waals surface area contributed by atoms with Crippen molar-refractivity contribution in [2.24, 2.45) is 0 Å². The van der Waals surface area contributed by atoms with Crippen LogP contribution >= 0.6 is 45.7 Å². The summed E-state index contributed by atoms with van der Waals surface area (Å²) in [6, 6.07) is 8.20. The monoisotopic (exact) mass is 331 g/mol. The minimum Gasteiger partial charge on any atom is -0.230 e. The van der Waals surface area contributed by atoms with Gasteiger partial charge in [-0.3, -0.25) is 0 Å². The number of thioether (sulfide) groups is 1. The van der Waals surface area contributed by atoms with E-state index in [2.05, 4.69) is 43.5 Å². The highest BCUT2D eigenvalue weighted by atomic mass is 127. The third-order valence-electron chi connectivity index (χ3n) is 1.61. The number of rotatable bonds is 2. The smallest absolute Gasteiger partial charge is 0.152 e. The minimum absolute atomic E-state index is 0.822. The van der Waals surface area contributed by atoms with Crippen LogP contribution in [0.25, 0.3) is 10.2 Å². The van der Waals surface area contributed by atoms with E-state index in [-0.39, 0.29) is 0 Å². The fourth-order valence-corrected chi connectivity index (χ4v) is 3.30. The van der Waals surface area contributed by atoms with Crippen LogP contribution in [0.15, 0.2) is 28.6 Å². The lowest BCUT2D eigenvalue weighted by Gasteiger charge is -1.85. The molecule has 0 N–H and O–H groups in total. The van der Waals surface area contributed by atoms with Gasteiger partial charge in [0.15, 0.2) is 4.34 Å². The quantitative estimate of drug-likeness (QED) is 0.472. The summed E-state index contributed by atoms with van der Waals surface area (Å²) in [5, 5.41) is 0. The number of hydrogen-bond acceptors (Lipinski definition) is 3. The average molecular weight is 331 g/mol. The summed E-state index contributed by atoms with van der Waals surface area (Å²) in [5.41, 5.74) is 1.09. The highest BCUT2D eigenvalue weighted by Crippen LogP contribution is 2.28. The van der Waals surface area contributed by atoms with Crippen LogP contribution < -0.4 is 0 Å². The first-order valence-corrected chi connectivity index (χ1v) is 6.85. The van der Waals surface area contributed by atoms with Crippen LogP contribution in [0, 0.1) is 9.85 Å². The van der Waals surface area contributed by atoms with Crippen LogP contribution in [-0.4, -0.2) is 10.7 Å². The number of thiazole rings is 1. The van der Waals surface area contributed by atoms with Gasteiger partial charge in [-0.2, -0.15) is 0 Å². The molecule has 0 fully saturated rings. The Morgan fingerprint density at radius 1 is 1.43 bits per heavy atom. The molecule has 70 valence electrons. The van der Waals surface area contributed by atoms with Crippen molar-refractivity contribution in [1.29, 1.82) is 0 Å². The summed E-state index contributed by atoms with van der Waals surface area (Å²) in [4.78, 5) is 4.50. The third kappa shape index (κ3) is 2.41. The molecule has 0 aliphatic carbocycles. The lowest BCUT2D eigenvalue weighted by atomic mass is 10.3. The molecule has 0 amide bonds. The van der Waals surface area contributed by atoms with Gasteiger partial charge in [0.2, 0.25) is 0 Å². The van der Waals surface area contributed by atoms with Crippen molar-refractivity contribution in [3.8, 4) is 9.85 Å². The first-order chi connectivity index (χ1) is 6.90. The summed E-state index contributed by atoms with van der Waals surface area (Å²) < 4.78 is 5.20. The van der Waals surface area contributed by atoms with Crippen molar-refractivity contribution in [2.45, 2.75) is 4.34 Å². The van der Waals surface area contributed by atoms with Gasteiger partial charge in [0.25, 0.3) is 0 Å². The Balaban J connectivity index is 2.21. The van der Waals surface area contributed by atoms with Crippen molar-refractivity contribution >= 4 is 55.9 Å². The first kappa shape index (κ1) is 10.3. The fraction of sp³-hybridized carbons (Fsp3) is 0.100. The van der Waals surface area contributed by atoms with E-state index in [0.717, 1.165) is 15.6 Å². The van der Waals surface area contributed by atoms with Crippen LogP contribution in [0.3, 0.4) is 0 Å². The number of aromatic nitrogens is 1. The average Bonchev–Trinajstić information content (AvgIpc) is 2.60. The zero-order valence-corrected chi connectivity index (χ0v) is 10.9. The molecular weight excluding hydrogens is 325 g/mol.